The van der Waals surface area contributed by atoms with E-state index in [1.165, 1.54) is 0 Å². The first kappa shape index (κ1) is 14.4. The molecule has 1 amide bonds. The van der Waals surface area contributed by atoms with Gasteiger partial charge in [-0.25, -0.2) is 0 Å². The number of carbonyl (C=O) groups excluding carboxylic acids is 1. The molecule has 1 N–H and O–H groups in total. The summed E-state index contributed by atoms with van der Waals surface area (Å²) in [5, 5.41) is 2.94. The summed E-state index contributed by atoms with van der Waals surface area (Å²) < 4.78 is 0. The molecule has 0 aliphatic rings. The third kappa shape index (κ3) is 3.93. The van der Waals surface area contributed by atoms with E-state index >= 15 is 0 Å². The predicted octanol–water partition coefficient (Wildman–Crippen LogP) is 3.05. The Labute approximate surface area is 112 Å². The van der Waals surface area contributed by atoms with Gasteiger partial charge < -0.3 is 5.32 Å². The summed E-state index contributed by atoms with van der Waals surface area (Å²) in [5.74, 6) is -0.120. The van der Waals surface area contributed by atoms with Crippen LogP contribution in [0.4, 0.5) is 0 Å². The predicted molar refractivity (Wildman–Crippen MR) is 75.5 cm³/mol. The van der Waals surface area contributed by atoms with E-state index in [-0.39, 0.29) is 11.2 Å². The number of rotatable bonds is 5. The van der Waals surface area contributed by atoms with Crippen LogP contribution in [0.15, 0.2) is 30.3 Å². The molecule has 4 heteroatoms. The van der Waals surface area contributed by atoms with Gasteiger partial charge in [-0.2, -0.15) is 11.8 Å². The van der Waals surface area contributed by atoms with Crippen LogP contribution in [0.1, 0.15) is 19.4 Å². The Morgan fingerprint density at radius 3 is 2.59 bits per heavy atom. The number of amides is 1. The molecule has 2 nitrogen and oxygen atoms in total. The van der Waals surface area contributed by atoms with Gasteiger partial charge in [0.2, 0.25) is 5.91 Å². The van der Waals surface area contributed by atoms with Crippen molar-refractivity contribution < 1.29 is 4.79 Å². The van der Waals surface area contributed by atoms with Crippen molar-refractivity contribution in [3.63, 3.8) is 0 Å². The summed E-state index contributed by atoms with van der Waals surface area (Å²) >= 11 is 7.86. The smallest absolute Gasteiger partial charge is 0.242 e. The summed E-state index contributed by atoms with van der Waals surface area (Å²) in [7, 11) is 0. The van der Waals surface area contributed by atoms with Crippen molar-refractivity contribution >= 4 is 29.3 Å². The summed E-state index contributed by atoms with van der Waals surface area (Å²) in [4.78, 5) is 11.1. The number of carbonyl (C=O) groups is 1. The van der Waals surface area contributed by atoms with Gasteiger partial charge in [0.1, 0.15) is 4.87 Å². The van der Waals surface area contributed by atoms with Gasteiger partial charge in [-0.3, -0.25) is 4.79 Å². The molecule has 0 spiro atoms. The number of hydrogen-bond acceptors (Lipinski definition) is 2. The van der Waals surface area contributed by atoms with Gasteiger partial charge in [0, 0.05) is 11.8 Å². The highest BCUT2D eigenvalue weighted by Crippen LogP contribution is 2.27. The zero-order valence-electron chi connectivity index (χ0n) is 10.4. The van der Waals surface area contributed by atoms with Crippen LogP contribution in [0.2, 0.25) is 0 Å². The molecule has 17 heavy (non-hydrogen) atoms. The minimum absolute atomic E-state index is 0.0694. The van der Waals surface area contributed by atoms with Crippen LogP contribution in [0.25, 0.3) is 0 Å². The Balaban J connectivity index is 2.55. The van der Waals surface area contributed by atoms with E-state index in [1.807, 2.05) is 43.5 Å². The van der Waals surface area contributed by atoms with Crippen LogP contribution in [-0.2, 0) is 11.3 Å². The van der Waals surface area contributed by atoms with Crippen LogP contribution < -0.4 is 5.32 Å². The monoisotopic (exact) mass is 271 g/mol. The molecule has 0 radical (unpaired) electrons. The largest absolute Gasteiger partial charge is 0.350 e. The summed E-state index contributed by atoms with van der Waals surface area (Å²) in [6.45, 7) is 4.24. The molecule has 1 rings (SSSR count). The van der Waals surface area contributed by atoms with E-state index < -0.39 is 4.87 Å². The van der Waals surface area contributed by atoms with Gasteiger partial charge in [-0.1, -0.05) is 37.3 Å². The van der Waals surface area contributed by atoms with Crippen LogP contribution in [0.5, 0.6) is 0 Å². The standard InChI is InChI=1S/C13H18ClNOS/c1-10(17-3)13(2,14)12(16)15-9-11-7-5-4-6-8-11/h4-8,10H,9H2,1-3H3,(H,15,16). The van der Waals surface area contributed by atoms with E-state index in [0.717, 1.165) is 5.56 Å². The highest BCUT2D eigenvalue weighted by Gasteiger charge is 2.36. The van der Waals surface area contributed by atoms with E-state index in [9.17, 15) is 4.79 Å². The van der Waals surface area contributed by atoms with Crippen molar-refractivity contribution in [3.05, 3.63) is 35.9 Å². The van der Waals surface area contributed by atoms with E-state index in [1.54, 1.807) is 18.7 Å². The lowest BCUT2D eigenvalue weighted by atomic mass is 10.1. The zero-order valence-corrected chi connectivity index (χ0v) is 11.9. The molecule has 0 fully saturated rings. The topological polar surface area (TPSA) is 29.1 Å². The lowest BCUT2D eigenvalue weighted by Crippen LogP contribution is -2.45. The van der Waals surface area contributed by atoms with Crippen molar-refractivity contribution in [1.82, 2.24) is 5.32 Å². The first-order valence-electron chi connectivity index (χ1n) is 5.52. The van der Waals surface area contributed by atoms with Gasteiger partial charge in [-0.05, 0) is 18.7 Å². The van der Waals surface area contributed by atoms with Crippen molar-refractivity contribution in [1.29, 1.82) is 0 Å². The third-order valence-corrected chi connectivity index (χ3v) is 4.66. The van der Waals surface area contributed by atoms with Crippen molar-refractivity contribution in [2.45, 2.75) is 30.5 Å². The average Bonchev–Trinajstić information content (AvgIpc) is 2.35. The van der Waals surface area contributed by atoms with Crippen molar-refractivity contribution in [2.24, 2.45) is 0 Å². The molecular formula is C13H18ClNOS. The second kappa shape index (κ2) is 6.31. The molecule has 1 aromatic carbocycles. The normalized spacial score (nSPS) is 16.0. The number of benzene rings is 1. The molecule has 1 aromatic rings. The Morgan fingerprint density at radius 2 is 2.06 bits per heavy atom. The summed E-state index contributed by atoms with van der Waals surface area (Å²) in [6, 6.07) is 9.80. The SMILES string of the molecule is CSC(C)C(C)(Cl)C(=O)NCc1ccccc1. The van der Waals surface area contributed by atoms with E-state index in [2.05, 4.69) is 5.32 Å². The quantitative estimate of drug-likeness (QED) is 0.834. The van der Waals surface area contributed by atoms with E-state index in [4.69, 9.17) is 11.6 Å². The molecule has 0 aliphatic carbocycles. The van der Waals surface area contributed by atoms with Crippen molar-refractivity contribution in [2.75, 3.05) is 6.26 Å². The van der Waals surface area contributed by atoms with E-state index in [0.29, 0.717) is 6.54 Å². The number of thioether (sulfide) groups is 1. The zero-order chi connectivity index (χ0) is 12.9. The second-order valence-electron chi connectivity index (χ2n) is 4.12. The molecule has 0 aromatic heterocycles. The fourth-order valence-corrected chi connectivity index (χ4v) is 2.24. The Bertz CT molecular complexity index is 367. The third-order valence-electron chi connectivity index (χ3n) is 2.86. The Kier molecular flexibility index (Phi) is 5.34. The van der Waals surface area contributed by atoms with Gasteiger partial charge in [-0.15, -0.1) is 11.6 Å². The van der Waals surface area contributed by atoms with Crippen LogP contribution in [-0.4, -0.2) is 22.3 Å². The molecule has 2 unspecified atom stereocenters. The summed E-state index contributed by atoms with van der Waals surface area (Å²) in [6.07, 6.45) is 1.95. The van der Waals surface area contributed by atoms with Gasteiger partial charge in [0.05, 0.1) is 0 Å². The maximum atomic E-state index is 12.0. The molecular weight excluding hydrogens is 254 g/mol. The number of hydrogen-bond donors (Lipinski definition) is 1. The lowest BCUT2D eigenvalue weighted by molar-refractivity contribution is -0.123. The minimum Gasteiger partial charge on any atom is -0.350 e. The van der Waals surface area contributed by atoms with Crippen molar-refractivity contribution in [3.8, 4) is 0 Å². The fraction of sp³-hybridized carbons (Fsp3) is 0.462. The first-order chi connectivity index (χ1) is 7.98. The lowest BCUT2D eigenvalue weighted by Gasteiger charge is -2.26. The molecule has 0 heterocycles. The van der Waals surface area contributed by atoms with Gasteiger partial charge in [0.25, 0.3) is 0 Å². The average molecular weight is 272 g/mol. The molecule has 94 valence electrons. The molecule has 0 bridgehead atoms. The number of alkyl halides is 1. The van der Waals surface area contributed by atoms with Gasteiger partial charge >= 0.3 is 0 Å². The highest BCUT2D eigenvalue weighted by atomic mass is 35.5. The number of nitrogens with one attached hydrogen (secondary N) is 1. The summed E-state index contributed by atoms with van der Waals surface area (Å²) in [5.41, 5.74) is 1.07. The maximum Gasteiger partial charge on any atom is 0.242 e. The van der Waals surface area contributed by atoms with Gasteiger partial charge in [0.15, 0.2) is 0 Å². The fourth-order valence-electron chi connectivity index (χ4n) is 1.36. The first-order valence-corrected chi connectivity index (χ1v) is 7.19. The Hall–Kier alpha value is -0.670. The molecule has 0 saturated carbocycles. The molecule has 2 atom stereocenters. The molecule has 0 aliphatic heterocycles. The van der Waals surface area contributed by atoms with Crippen LogP contribution in [0.3, 0.4) is 0 Å². The number of halogens is 1. The minimum atomic E-state index is -0.867. The highest BCUT2D eigenvalue weighted by molar-refractivity contribution is 7.99. The van der Waals surface area contributed by atoms with Crippen LogP contribution in [0, 0.1) is 0 Å². The Morgan fingerprint density at radius 1 is 1.47 bits per heavy atom. The second-order valence-corrected chi connectivity index (χ2v) is 6.09. The maximum absolute atomic E-state index is 12.0. The van der Waals surface area contributed by atoms with Crippen LogP contribution >= 0.6 is 23.4 Å². The molecule has 0 saturated heterocycles.